The number of carbonyl (C=O) groups excluding carboxylic acids is 3. The van der Waals surface area contributed by atoms with Crippen LogP contribution in [0.5, 0.6) is 0 Å². The number of amides is 4. The standard InChI is InChI=1S/C27H37ClN6O3/c1-2-20-7-9-22(10-8-20)32-26(37)34(16-13-29)19-27(11-14-33(15-12-27)24(35)17-30)25(36)31-18-21-5-3-4-6-23(21)28/h3-10H,2,11-19,29-30H2,1H3,(H,31,36)(H,32,37). The van der Waals surface area contributed by atoms with E-state index >= 15 is 0 Å². The Labute approximate surface area is 223 Å². The molecule has 2 aromatic rings. The molecule has 1 fully saturated rings. The molecule has 0 aromatic heterocycles. The molecule has 2 aromatic carbocycles. The van der Waals surface area contributed by atoms with Crippen molar-refractivity contribution in [2.24, 2.45) is 16.9 Å². The van der Waals surface area contributed by atoms with E-state index in [1.807, 2.05) is 42.5 Å². The molecule has 1 heterocycles. The number of urea groups is 1. The minimum Gasteiger partial charge on any atom is -0.351 e. The van der Waals surface area contributed by atoms with Crippen LogP contribution in [-0.4, -0.2) is 66.9 Å². The molecular weight excluding hydrogens is 492 g/mol. The van der Waals surface area contributed by atoms with Crippen molar-refractivity contribution in [2.45, 2.75) is 32.7 Å². The summed E-state index contributed by atoms with van der Waals surface area (Å²) in [6, 6.07) is 14.7. The van der Waals surface area contributed by atoms with Crippen molar-refractivity contribution in [1.82, 2.24) is 15.1 Å². The number of hydrogen-bond acceptors (Lipinski definition) is 5. The van der Waals surface area contributed by atoms with Gasteiger partial charge in [0.25, 0.3) is 0 Å². The average molecular weight is 529 g/mol. The van der Waals surface area contributed by atoms with Gasteiger partial charge in [-0.3, -0.25) is 9.59 Å². The molecule has 3 rings (SSSR count). The summed E-state index contributed by atoms with van der Waals surface area (Å²) < 4.78 is 0. The summed E-state index contributed by atoms with van der Waals surface area (Å²) in [5.74, 6) is -0.341. The lowest BCUT2D eigenvalue weighted by molar-refractivity contribution is -0.140. The fourth-order valence-electron chi connectivity index (χ4n) is 4.57. The van der Waals surface area contributed by atoms with E-state index in [9.17, 15) is 14.4 Å². The maximum Gasteiger partial charge on any atom is 0.321 e. The third-order valence-electron chi connectivity index (χ3n) is 6.92. The molecule has 0 atom stereocenters. The largest absolute Gasteiger partial charge is 0.351 e. The number of halogens is 1. The van der Waals surface area contributed by atoms with E-state index in [0.29, 0.717) is 36.6 Å². The van der Waals surface area contributed by atoms with Gasteiger partial charge < -0.3 is 31.9 Å². The number of nitrogens with two attached hydrogens (primary N) is 2. The van der Waals surface area contributed by atoms with Gasteiger partial charge in [-0.25, -0.2) is 4.79 Å². The van der Waals surface area contributed by atoms with Gasteiger partial charge in [0.1, 0.15) is 0 Å². The number of piperidine rings is 1. The van der Waals surface area contributed by atoms with E-state index in [1.54, 1.807) is 15.9 Å². The van der Waals surface area contributed by atoms with Gasteiger partial charge in [0.15, 0.2) is 0 Å². The molecule has 6 N–H and O–H groups in total. The summed E-state index contributed by atoms with van der Waals surface area (Å²) in [7, 11) is 0. The fourth-order valence-corrected chi connectivity index (χ4v) is 4.78. The number of likely N-dealkylation sites (tertiary alicyclic amines) is 1. The Balaban J connectivity index is 1.79. The highest BCUT2D eigenvalue weighted by molar-refractivity contribution is 6.31. The Kier molecular flexibility index (Phi) is 10.3. The van der Waals surface area contributed by atoms with Crippen molar-refractivity contribution in [2.75, 3.05) is 44.6 Å². The summed E-state index contributed by atoms with van der Waals surface area (Å²) in [5.41, 5.74) is 13.1. The molecule has 10 heteroatoms. The molecule has 0 saturated carbocycles. The smallest absolute Gasteiger partial charge is 0.321 e. The topological polar surface area (TPSA) is 134 Å². The highest BCUT2D eigenvalue weighted by atomic mass is 35.5. The number of aryl methyl sites for hydroxylation is 1. The van der Waals surface area contributed by atoms with Crippen molar-refractivity contribution >= 4 is 35.1 Å². The van der Waals surface area contributed by atoms with Crippen LogP contribution in [-0.2, 0) is 22.6 Å². The SMILES string of the molecule is CCc1ccc(NC(=O)N(CCN)CC2(C(=O)NCc3ccccc3Cl)CCN(C(=O)CN)CC2)cc1. The molecule has 9 nitrogen and oxygen atoms in total. The lowest BCUT2D eigenvalue weighted by Gasteiger charge is -2.43. The van der Waals surface area contributed by atoms with Crippen LogP contribution in [0.15, 0.2) is 48.5 Å². The summed E-state index contributed by atoms with van der Waals surface area (Å²) in [6.45, 7) is 3.71. The van der Waals surface area contributed by atoms with Crippen LogP contribution in [0.1, 0.15) is 30.9 Å². The van der Waals surface area contributed by atoms with Crippen LogP contribution in [0, 0.1) is 5.41 Å². The molecule has 1 saturated heterocycles. The molecule has 0 unspecified atom stereocenters. The summed E-state index contributed by atoms with van der Waals surface area (Å²) in [4.78, 5) is 42.4. The second-order valence-electron chi connectivity index (χ2n) is 9.33. The molecule has 1 aliphatic rings. The predicted molar refractivity (Wildman–Crippen MR) is 146 cm³/mol. The molecular formula is C27H37ClN6O3. The third-order valence-corrected chi connectivity index (χ3v) is 7.29. The zero-order valence-corrected chi connectivity index (χ0v) is 22.1. The summed E-state index contributed by atoms with van der Waals surface area (Å²) in [6.07, 6.45) is 1.70. The normalized spacial score (nSPS) is 14.6. The third kappa shape index (κ3) is 7.44. The molecule has 37 heavy (non-hydrogen) atoms. The van der Waals surface area contributed by atoms with Gasteiger partial charge in [0.2, 0.25) is 11.8 Å². The first-order valence-corrected chi connectivity index (χ1v) is 13.0. The monoisotopic (exact) mass is 528 g/mol. The fraction of sp³-hybridized carbons (Fsp3) is 0.444. The number of nitrogens with one attached hydrogen (secondary N) is 2. The number of rotatable bonds is 10. The molecule has 0 spiro atoms. The van der Waals surface area contributed by atoms with E-state index in [0.717, 1.165) is 12.0 Å². The Morgan fingerprint density at radius 2 is 1.73 bits per heavy atom. The summed E-state index contributed by atoms with van der Waals surface area (Å²) >= 11 is 6.28. The number of carbonyl (C=O) groups is 3. The highest BCUT2D eigenvalue weighted by Gasteiger charge is 2.44. The summed E-state index contributed by atoms with van der Waals surface area (Å²) in [5, 5.41) is 6.51. The Morgan fingerprint density at radius 1 is 1.05 bits per heavy atom. The molecule has 1 aliphatic heterocycles. The number of hydrogen-bond donors (Lipinski definition) is 4. The van der Waals surface area contributed by atoms with Gasteiger partial charge >= 0.3 is 6.03 Å². The van der Waals surface area contributed by atoms with Crippen molar-refractivity contribution in [3.8, 4) is 0 Å². The molecule has 0 radical (unpaired) electrons. The first-order chi connectivity index (χ1) is 17.8. The lowest BCUT2D eigenvalue weighted by Crippen LogP contribution is -2.57. The number of anilines is 1. The van der Waals surface area contributed by atoms with E-state index < -0.39 is 5.41 Å². The van der Waals surface area contributed by atoms with Crippen LogP contribution in [0.2, 0.25) is 5.02 Å². The first-order valence-electron chi connectivity index (χ1n) is 12.7. The van der Waals surface area contributed by atoms with Crippen LogP contribution >= 0.6 is 11.6 Å². The quantitative estimate of drug-likeness (QED) is 0.376. The maximum absolute atomic E-state index is 13.7. The minimum absolute atomic E-state index is 0.0791. The second kappa shape index (κ2) is 13.4. The van der Waals surface area contributed by atoms with Crippen molar-refractivity contribution in [1.29, 1.82) is 0 Å². The van der Waals surface area contributed by atoms with Crippen molar-refractivity contribution < 1.29 is 14.4 Å². The van der Waals surface area contributed by atoms with E-state index in [1.165, 1.54) is 5.56 Å². The number of benzene rings is 2. The molecule has 0 aliphatic carbocycles. The Morgan fingerprint density at radius 3 is 2.32 bits per heavy atom. The maximum atomic E-state index is 13.7. The first kappa shape index (κ1) is 28.4. The Bertz CT molecular complexity index is 1070. The van der Waals surface area contributed by atoms with E-state index in [4.69, 9.17) is 23.1 Å². The van der Waals surface area contributed by atoms with Crippen LogP contribution in [0.3, 0.4) is 0 Å². The van der Waals surface area contributed by atoms with E-state index in [-0.39, 0.29) is 50.6 Å². The minimum atomic E-state index is -0.898. The van der Waals surface area contributed by atoms with Gasteiger partial charge in [0, 0.05) is 50.0 Å². The number of nitrogens with zero attached hydrogens (tertiary/aromatic N) is 2. The molecule has 4 amide bonds. The average Bonchev–Trinajstić information content (AvgIpc) is 2.92. The molecule has 200 valence electrons. The zero-order chi connectivity index (χ0) is 26.8. The van der Waals surface area contributed by atoms with E-state index in [2.05, 4.69) is 17.6 Å². The zero-order valence-electron chi connectivity index (χ0n) is 21.3. The lowest BCUT2D eigenvalue weighted by atomic mass is 9.76. The van der Waals surface area contributed by atoms with Crippen LogP contribution in [0.25, 0.3) is 0 Å². The van der Waals surface area contributed by atoms with Crippen LogP contribution < -0.4 is 22.1 Å². The van der Waals surface area contributed by atoms with Gasteiger partial charge in [-0.2, -0.15) is 0 Å². The molecule has 0 bridgehead atoms. The van der Waals surface area contributed by atoms with Gasteiger partial charge in [0.05, 0.1) is 12.0 Å². The van der Waals surface area contributed by atoms with Gasteiger partial charge in [-0.1, -0.05) is 48.9 Å². The van der Waals surface area contributed by atoms with Crippen molar-refractivity contribution in [3.63, 3.8) is 0 Å². The van der Waals surface area contributed by atoms with Crippen LogP contribution in [0.4, 0.5) is 10.5 Å². The Hall–Kier alpha value is -3.14. The van der Waals surface area contributed by atoms with Gasteiger partial charge in [-0.15, -0.1) is 0 Å². The predicted octanol–water partition coefficient (Wildman–Crippen LogP) is 2.58. The second-order valence-corrected chi connectivity index (χ2v) is 9.74. The van der Waals surface area contributed by atoms with Gasteiger partial charge in [-0.05, 0) is 48.6 Å². The van der Waals surface area contributed by atoms with Crippen molar-refractivity contribution in [3.05, 3.63) is 64.7 Å². The highest BCUT2D eigenvalue weighted by Crippen LogP contribution is 2.34.